The van der Waals surface area contributed by atoms with E-state index < -0.39 is 0 Å². The van der Waals surface area contributed by atoms with E-state index in [1.165, 1.54) is 0 Å². The van der Waals surface area contributed by atoms with Gasteiger partial charge in [0.25, 0.3) is 0 Å². The lowest BCUT2D eigenvalue weighted by Crippen LogP contribution is -1.92. The predicted molar refractivity (Wildman–Crippen MR) is 78.1 cm³/mol. The highest BCUT2D eigenvalue weighted by Gasteiger charge is 2.02. The maximum absolute atomic E-state index is 6.07. The minimum Gasteiger partial charge on any atom is -0.333 e. The average molecular weight is 348 g/mol. The Morgan fingerprint density at radius 3 is 2.88 bits per heavy atom. The molecule has 1 aromatic heterocycles. The fourth-order valence-corrected chi connectivity index (χ4v) is 2.69. The van der Waals surface area contributed by atoms with Gasteiger partial charge in [0.1, 0.15) is 10.5 Å². The molecule has 1 aromatic carbocycles. The van der Waals surface area contributed by atoms with Crippen molar-refractivity contribution in [3.63, 3.8) is 0 Å². The standard InChI is InChI=1S/C11H8BrClN2S2/c12-7-5-14-10(15-11(7)16)6-17-9-4-2-1-3-8(9)13/h1-5H,6H2,(H,14,15,16). The predicted octanol–water partition coefficient (Wildman–Crippen LogP) is 4.85. The van der Waals surface area contributed by atoms with E-state index in [-0.39, 0.29) is 0 Å². The molecule has 1 heterocycles. The molecule has 0 fully saturated rings. The van der Waals surface area contributed by atoms with Gasteiger partial charge in [0.15, 0.2) is 0 Å². The molecule has 0 saturated carbocycles. The van der Waals surface area contributed by atoms with Gasteiger partial charge in [-0.2, -0.15) is 0 Å². The van der Waals surface area contributed by atoms with E-state index in [1.807, 2.05) is 24.3 Å². The summed E-state index contributed by atoms with van der Waals surface area (Å²) in [6.07, 6.45) is 1.71. The Morgan fingerprint density at radius 2 is 2.18 bits per heavy atom. The van der Waals surface area contributed by atoms with Crippen LogP contribution in [0.1, 0.15) is 5.82 Å². The molecule has 2 nitrogen and oxygen atoms in total. The molecular weight excluding hydrogens is 340 g/mol. The molecule has 17 heavy (non-hydrogen) atoms. The van der Waals surface area contributed by atoms with Crippen molar-refractivity contribution < 1.29 is 0 Å². The Labute approximate surface area is 122 Å². The first-order valence-electron chi connectivity index (χ1n) is 4.78. The zero-order chi connectivity index (χ0) is 12.3. The zero-order valence-electron chi connectivity index (χ0n) is 8.61. The third kappa shape index (κ3) is 3.55. The Hall–Kier alpha value is -0.360. The first-order valence-corrected chi connectivity index (χ1v) is 7.34. The van der Waals surface area contributed by atoms with Crippen molar-refractivity contribution in [3.05, 3.63) is 50.4 Å². The van der Waals surface area contributed by atoms with Gasteiger partial charge in [-0.25, -0.2) is 4.98 Å². The van der Waals surface area contributed by atoms with Crippen molar-refractivity contribution in [1.29, 1.82) is 0 Å². The van der Waals surface area contributed by atoms with Crippen LogP contribution in [0.15, 0.2) is 39.8 Å². The van der Waals surface area contributed by atoms with Crippen LogP contribution in [0.2, 0.25) is 5.02 Å². The van der Waals surface area contributed by atoms with E-state index in [2.05, 4.69) is 25.9 Å². The molecule has 0 saturated heterocycles. The first-order chi connectivity index (χ1) is 8.16. The second-order valence-corrected chi connectivity index (χ2v) is 5.91. The Bertz CT molecular complexity index is 586. The van der Waals surface area contributed by atoms with E-state index in [0.29, 0.717) is 10.4 Å². The van der Waals surface area contributed by atoms with Crippen LogP contribution in [-0.2, 0) is 5.75 Å². The van der Waals surface area contributed by atoms with Gasteiger partial charge in [-0.15, -0.1) is 11.8 Å². The highest BCUT2D eigenvalue weighted by molar-refractivity contribution is 9.10. The molecule has 0 spiro atoms. The summed E-state index contributed by atoms with van der Waals surface area (Å²) < 4.78 is 1.47. The second kappa shape index (κ2) is 6.00. The lowest BCUT2D eigenvalue weighted by molar-refractivity contribution is 1.01. The summed E-state index contributed by atoms with van der Waals surface area (Å²) in [4.78, 5) is 8.35. The van der Waals surface area contributed by atoms with E-state index in [9.17, 15) is 0 Å². The van der Waals surface area contributed by atoms with Gasteiger partial charge in [0, 0.05) is 11.1 Å². The molecule has 0 atom stereocenters. The summed E-state index contributed by atoms with van der Waals surface area (Å²) in [7, 11) is 0. The van der Waals surface area contributed by atoms with Gasteiger partial charge >= 0.3 is 0 Å². The number of aromatic nitrogens is 2. The largest absolute Gasteiger partial charge is 0.333 e. The Balaban J connectivity index is 2.10. The lowest BCUT2D eigenvalue weighted by atomic mass is 10.4. The quantitative estimate of drug-likeness (QED) is 0.635. The van der Waals surface area contributed by atoms with E-state index in [1.54, 1.807) is 18.0 Å². The molecule has 0 radical (unpaired) electrons. The zero-order valence-corrected chi connectivity index (χ0v) is 12.6. The van der Waals surface area contributed by atoms with Crippen LogP contribution in [0.25, 0.3) is 0 Å². The van der Waals surface area contributed by atoms with Gasteiger partial charge in [-0.1, -0.05) is 36.0 Å². The molecule has 1 N–H and O–H groups in total. The SMILES string of the molecule is S=c1[nH]c(CSc2ccccc2Cl)ncc1Br. The smallest absolute Gasteiger partial charge is 0.120 e. The highest BCUT2D eigenvalue weighted by atomic mass is 79.9. The van der Waals surface area contributed by atoms with Crippen molar-refractivity contribution in [2.45, 2.75) is 10.6 Å². The fraction of sp³-hybridized carbons (Fsp3) is 0.0909. The van der Waals surface area contributed by atoms with Crippen molar-refractivity contribution in [2.75, 3.05) is 0 Å². The van der Waals surface area contributed by atoms with Gasteiger partial charge in [0.05, 0.1) is 15.2 Å². The van der Waals surface area contributed by atoms with E-state index >= 15 is 0 Å². The number of thioether (sulfide) groups is 1. The van der Waals surface area contributed by atoms with Gasteiger partial charge in [0.2, 0.25) is 0 Å². The van der Waals surface area contributed by atoms with Crippen LogP contribution in [-0.4, -0.2) is 9.97 Å². The van der Waals surface area contributed by atoms with Crippen LogP contribution in [0.3, 0.4) is 0 Å². The number of aromatic amines is 1. The summed E-state index contributed by atoms with van der Waals surface area (Å²) in [5, 5.41) is 0.758. The Kier molecular flexibility index (Phi) is 4.62. The number of benzene rings is 1. The number of H-pyrrole nitrogens is 1. The molecule has 0 aliphatic heterocycles. The fourth-order valence-electron chi connectivity index (χ4n) is 1.20. The highest BCUT2D eigenvalue weighted by Crippen LogP contribution is 2.28. The summed E-state index contributed by atoms with van der Waals surface area (Å²) in [6.45, 7) is 0. The molecule has 88 valence electrons. The molecule has 0 amide bonds. The molecule has 0 bridgehead atoms. The van der Waals surface area contributed by atoms with Crippen molar-refractivity contribution in [3.8, 4) is 0 Å². The molecule has 2 rings (SSSR count). The second-order valence-electron chi connectivity index (χ2n) is 3.23. The first kappa shape index (κ1) is 13.1. The minimum atomic E-state index is 0.662. The number of nitrogens with one attached hydrogen (secondary N) is 1. The van der Waals surface area contributed by atoms with Gasteiger partial charge in [-0.05, 0) is 28.1 Å². The Morgan fingerprint density at radius 1 is 1.41 bits per heavy atom. The number of halogens is 2. The van der Waals surface area contributed by atoms with E-state index in [0.717, 1.165) is 20.2 Å². The lowest BCUT2D eigenvalue weighted by Gasteiger charge is -2.03. The number of hydrogen-bond donors (Lipinski definition) is 1. The van der Waals surface area contributed by atoms with Crippen molar-refractivity contribution in [1.82, 2.24) is 9.97 Å². The van der Waals surface area contributed by atoms with Crippen LogP contribution in [0.4, 0.5) is 0 Å². The molecule has 2 aromatic rings. The molecule has 0 unspecified atom stereocenters. The number of hydrogen-bond acceptors (Lipinski definition) is 3. The number of rotatable bonds is 3. The van der Waals surface area contributed by atoms with Crippen molar-refractivity contribution >= 4 is 51.5 Å². The average Bonchev–Trinajstić information content (AvgIpc) is 2.32. The van der Waals surface area contributed by atoms with Crippen LogP contribution < -0.4 is 0 Å². The van der Waals surface area contributed by atoms with Crippen LogP contribution in [0.5, 0.6) is 0 Å². The normalized spacial score (nSPS) is 10.5. The van der Waals surface area contributed by atoms with Gasteiger partial charge in [-0.3, -0.25) is 0 Å². The summed E-state index contributed by atoms with van der Waals surface area (Å²) >= 11 is 16.1. The van der Waals surface area contributed by atoms with Gasteiger partial charge < -0.3 is 4.98 Å². The maximum Gasteiger partial charge on any atom is 0.120 e. The molecular formula is C11H8BrClN2S2. The summed E-state index contributed by atoms with van der Waals surface area (Å²) in [6, 6.07) is 7.74. The summed E-state index contributed by atoms with van der Waals surface area (Å²) in [5.74, 6) is 1.55. The van der Waals surface area contributed by atoms with Crippen LogP contribution >= 0.6 is 51.5 Å². The molecule has 6 heteroatoms. The third-order valence-corrected chi connectivity index (χ3v) is 4.72. The molecule has 0 aliphatic carbocycles. The molecule has 0 aliphatic rings. The van der Waals surface area contributed by atoms with Crippen LogP contribution in [0, 0.1) is 4.64 Å². The third-order valence-electron chi connectivity index (χ3n) is 2.01. The topological polar surface area (TPSA) is 28.7 Å². The number of nitrogens with zero attached hydrogens (tertiary/aromatic N) is 1. The minimum absolute atomic E-state index is 0.662. The maximum atomic E-state index is 6.07. The summed E-state index contributed by atoms with van der Waals surface area (Å²) in [5.41, 5.74) is 0. The van der Waals surface area contributed by atoms with E-state index in [4.69, 9.17) is 23.8 Å². The van der Waals surface area contributed by atoms with Crippen molar-refractivity contribution in [2.24, 2.45) is 0 Å². The monoisotopic (exact) mass is 346 g/mol.